The van der Waals surface area contributed by atoms with Gasteiger partial charge in [-0.25, -0.2) is 0 Å². The van der Waals surface area contributed by atoms with E-state index in [4.69, 9.17) is 0 Å². The lowest BCUT2D eigenvalue weighted by Crippen LogP contribution is -2.31. The first-order chi connectivity index (χ1) is 16.7. The smallest absolute Gasteiger partial charge is 0.306 e. The molecule has 2 N–H and O–H groups in total. The van der Waals surface area contributed by atoms with Gasteiger partial charge in [0, 0.05) is 19.0 Å². The van der Waals surface area contributed by atoms with E-state index in [0.29, 0.717) is 45.2 Å². The number of carboxylic acid groups (broad SMARTS) is 2. The average molecular weight is 483 g/mol. The third kappa shape index (κ3) is 4.32. The zero-order valence-corrected chi connectivity index (χ0v) is 19.5. The van der Waals surface area contributed by atoms with Gasteiger partial charge in [0.05, 0.1) is 30.2 Å². The van der Waals surface area contributed by atoms with Crippen LogP contribution in [0.15, 0.2) is 24.3 Å². The maximum absolute atomic E-state index is 13.0. The summed E-state index contributed by atoms with van der Waals surface area (Å²) in [5, 5.41) is 18.7. The van der Waals surface area contributed by atoms with Gasteiger partial charge in [-0.3, -0.25) is 28.9 Å². The summed E-state index contributed by atoms with van der Waals surface area (Å²) in [6.45, 7) is 1.09. The number of amides is 3. The first-order valence-electron chi connectivity index (χ1n) is 12.4. The highest BCUT2D eigenvalue weighted by Crippen LogP contribution is 2.42. The lowest BCUT2D eigenvalue weighted by atomic mass is 9.75. The number of imide groups is 1. The van der Waals surface area contributed by atoms with Gasteiger partial charge in [0.15, 0.2) is 0 Å². The van der Waals surface area contributed by atoms with E-state index in [1.165, 1.54) is 4.90 Å². The Kier molecular flexibility index (Phi) is 6.11. The number of likely N-dealkylation sites (tertiary alicyclic amines) is 2. The van der Waals surface area contributed by atoms with Gasteiger partial charge >= 0.3 is 11.9 Å². The van der Waals surface area contributed by atoms with E-state index in [1.807, 2.05) is 24.3 Å². The second-order valence-electron chi connectivity index (χ2n) is 10.6. The monoisotopic (exact) mass is 482 g/mol. The normalized spacial score (nSPS) is 32.5. The highest BCUT2D eigenvalue weighted by molar-refractivity contribution is 6.05. The number of carbonyl (C=O) groups excluding carboxylic acids is 3. The lowest BCUT2D eigenvalue weighted by Gasteiger charge is -2.26. The van der Waals surface area contributed by atoms with E-state index < -0.39 is 29.7 Å². The van der Waals surface area contributed by atoms with Gasteiger partial charge in [0.1, 0.15) is 0 Å². The fraction of sp³-hybridized carbons (Fsp3) is 0.577. The van der Waals surface area contributed by atoms with E-state index in [2.05, 4.69) is 0 Å². The Morgan fingerprint density at radius 2 is 1.37 bits per heavy atom. The number of hydrogen-bond donors (Lipinski definition) is 2. The van der Waals surface area contributed by atoms with Crippen molar-refractivity contribution in [1.29, 1.82) is 0 Å². The fourth-order valence-corrected chi connectivity index (χ4v) is 6.62. The van der Waals surface area contributed by atoms with Gasteiger partial charge in [-0.15, -0.1) is 0 Å². The third-order valence-corrected chi connectivity index (χ3v) is 8.49. The quantitative estimate of drug-likeness (QED) is 0.594. The van der Waals surface area contributed by atoms with E-state index in [9.17, 15) is 34.2 Å². The van der Waals surface area contributed by atoms with Crippen molar-refractivity contribution in [1.82, 2.24) is 9.80 Å². The van der Waals surface area contributed by atoms with Crippen LogP contribution in [0, 0.1) is 35.5 Å². The Morgan fingerprint density at radius 1 is 0.771 bits per heavy atom. The summed E-state index contributed by atoms with van der Waals surface area (Å²) in [7, 11) is 0. The molecule has 4 aliphatic rings. The predicted octanol–water partition coefficient (Wildman–Crippen LogP) is 2.13. The maximum atomic E-state index is 13.0. The molecule has 1 aromatic carbocycles. The fourth-order valence-electron chi connectivity index (χ4n) is 6.62. The minimum atomic E-state index is -0.912. The first-order valence-corrected chi connectivity index (χ1v) is 12.4. The molecule has 9 heteroatoms. The number of carbonyl (C=O) groups is 5. The second kappa shape index (κ2) is 9.09. The zero-order chi connectivity index (χ0) is 24.9. The molecule has 2 aliphatic heterocycles. The van der Waals surface area contributed by atoms with Crippen LogP contribution in [-0.4, -0.2) is 56.2 Å². The molecule has 5 rings (SSSR count). The molecule has 9 nitrogen and oxygen atoms in total. The molecule has 6 atom stereocenters. The van der Waals surface area contributed by atoms with Crippen LogP contribution in [0.2, 0.25) is 0 Å². The van der Waals surface area contributed by atoms with Crippen LogP contribution in [-0.2, 0) is 37.1 Å². The molecular weight excluding hydrogens is 452 g/mol. The van der Waals surface area contributed by atoms with E-state index >= 15 is 0 Å². The van der Waals surface area contributed by atoms with Gasteiger partial charge in [-0.1, -0.05) is 24.3 Å². The highest BCUT2D eigenvalue weighted by atomic mass is 16.4. The molecule has 1 aromatic rings. The number of carboxylic acids is 2. The van der Waals surface area contributed by atoms with Crippen LogP contribution < -0.4 is 0 Å². The van der Waals surface area contributed by atoms with Gasteiger partial charge in [0.2, 0.25) is 17.7 Å². The van der Waals surface area contributed by atoms with Crippen molar-refractivity contribution in [3.8, 4) is 0 Å². The third-order valence-electron chi connectivity index (χ3n) is 8.49. The Hall–Kier alpha value is -3.23. The van der Waals surface area contributed by atoms with E-state index in [0.717, 1.165) is 11.1 Å². The number of benzene rings is 1. The SMILES string of the molecule is O=C(O)C1CCC2C(=O)N(Cc3cccc(CN4C(=O)C5CCC(C(=O)O)CC5C4=O)c3)CC2C1. The number of fused-ring (bicyclic) bond motifs is 2. The summed E-state index contributed by atoms with van der Waals surface area (Å²) in [4.78, 5) is 64.6. The number of hydrogen-bond acceptors (Lipinski definition) is 5. The van der Waals surface area contributed by atoms with Crippen molar-refractivity contribution in [3.63, 3.8) is 0 Å². The number of nitrogens with zero attached hydrogens (tertiary/aromatic N) is 2. The highest BCUT2D eigenvalue weighted by Gasteiger charge is 2.51. The van der Waals surface area contributed by atoms with Crippen LogP contribution in [0.4, 0.5) is 0 Å². The van der Waals surface area contributed by atoms with Crippen molar-refractivity contribution in [2.75, 3.05) is 6.54 Å². The van der Waals surface area contributed by atoms with E-state index in [-0.39, 0.29) is 48.4 Å². The Balaban J connectivity index is 1.24. The Bertz CT molecular complexity index is 1090. The van der Waals surface area contributed by atoms with Gasteiger partial charge in [0.25, 0.3) is 0 Å². The first kappa shape index (κ1) is 23.5. The van der Waals surface area contributed by atoms with Crippen molar-refractivity contribution in [3.05, 3.63) is 35.4 Å². The summed E-state index contributed by atoms with van der Waals surface area (Å²) in [6, 6.07) is 7.49. The lowest BCUT2D eigenvalue weighted by molar-refractivity contribution is -0.145. The largest absolute Gasteiger partial charge is 0.481 e. The van der Waals surface area contributed by atoms with Crippen molar-refractivity contribution in [2.45, 2.75) is 51.6 Å². The van der Waals surface area contributed by atoms with Crippen molar-refractivity contribution >= 4 is 29.7 Å². The summed E-state index contributed by atoms with van der Waals surface area (Å²) >= 11 is 0. The summed E-state index contributed by atoms with van der Waals surface area (Å²) in [5.41, 5.74) is 1.68. The molecule has 3 amide bonds. The summed E-state index contributed by atoms with van der Waals surface area (Å²) < 4.78 is 0. The van der Waals surface area contributed by atoms with Gasteiger partial charge in [-0.05, 0) is 55.6 Å². The topological polar surface area (TPSA) is 132 Å². The van der Waals surface area contributed by atoms with Crippen LogP contribution in [0.1, 0.15) is 49.7 Å². The van der Waals surface area contributed by atoms with Crippen LogP contribution in [0.25, 0.3) is 0 Å². The van der Waals surface area contributed by atoms with Gasteiger partial charge in [-0.2, -0.15) is 0 Å². The second-order valence-corrected chi connectivity index (χ2v) is 10.6. The zero-order valence-electron chi connectivity index (χ0n) is 19.5. The van der Waals surface area contributed by atoms with Crippen LogP contribution in [0.3, 0.4) is 0 Å². The summed E-state index contributed by atoms with van der Waals surface area (Å²) in [6.07, 6.45) is 2.73. The molecule has 2 aliphatic carbocycles. The molecule has 0 bridgehead atoms. The van der Waals surface area contributed by atoms with Gasteiger partial charge < -0.3 is 15.1 Å². The minimum absolute atomic E-state index is 0.0679. The molecule has 186 valence electrons. The molecule has 0 aromatic heterocycles. The van der Waals surface area contributed by atoms with Crippen molar-refractivity contribution < 1.29 is 34.2 Å². The molecule has 0 spiro atoms. The molecule has 35 heavy (non-hydrogen) atoms. The maximum Gasteiger partial charge on any atom is 0.306 e. The van der Waals surface area contributed by atoms with Crippen molar-refractivity contribution in [2.24, 2.45) is 35.5 Å². The molecule has 2 saturated heterocycles. The standard InChI is InChI=1S/C26H30N2O7/c29-22-19-6-4-16(25(32)33)9-18(19)13-27(22)11-14-2-1-3-15(8-14)12-28-23(30)20-7-5-17(26(34)35)10-21(20)24(28)31/h1-3,8,16-21H,4-7,9-13H2,(H,32,33)(H,34,35). The molecule has 4 fully saturated rings. The Morgan fingerprint density at radius 3 is 2.06 bits per heavy atom. The van der Waals surface area contributed by atoms with Crippen LogP contribution in [0.5, 0.6) is 0 Å². The summed E-state index contributed by atoms with van der Waals surface area (Å²) in [5.74, 6) is -4.11. The van der Waals surface area contributed by atoms with Crippen LogP contribution >= 0.6 is 0 Å². The average Bonchev–Trinajstić information content (AvgIpc) is 3.27. The molecular formula is C26H30N2O7. The molecule has 2 saturated carbocycles. The number of rotatable bonds is 6. The van der Waals surface area contributed by atoms with E-state index in [1.54, 1.807) is 4.90 Å². The minimum Gasteiger partial charge on any atom is -0.481 e. The number of aliphatic carboxylic acids is 2. The predicted molar refractivity (Wildman–Crippen MR) is 121 cm³/mol. The molecule has 0 radical (unpaired) electrons. The molecule has 6 unspecified atom stereocenters. The molecule has 2 heterocycles. The Labute approximate surface area is 203 Å².